The van der Waals surface area contributed by atoms with Crippen LogP contribution >= 0.6 is 0 Å². The van der Waals surface area contributed by atoms with Gasteiger partial charge in [-0.15, -0.1) is 0 Å². The summed E-state index contributed by atoms with van der Waals surface area (Å²) in [7, 11) is 1.69. The van der Waals surface area contributed by atoms with Gasteiger partial charge in [0.15, 0.2) is 0 Å². The van der Waals surface area contributed by atoms with Crippen molar-refractivity contribution in [3.8, 4) is 0 Å². The molecule has 0 saturated carbocycles. The number of rotatable bonds is 10. The Morgan fingerprint density at radius 2 is 2.00 bits per heavy atom. The van der Waals surface area contributed by atoms with Gasteiger partial charge in [0.05, 0.1) is 19.8 Å². The Morgan fingerprint density at radius 1 is 1.21 bits per heavy atom. The second-order valence-corrected chi connectivity index (χ2v) is 4.45. The van der Waals surface area contributed by atoms with Crippen molar-refractivity contribution in [2.24, 2.45) is 0 Å². The highest BCUT2D eigenvalue weighted by Gasteiger charge is 2.15. The van der Waals surface area contributed by atoms with Crippen LogP contribution in [0, 0.1) is 0 Å². The number of hydrogen-bond donors (Lipinski definition) is 1. The highest BCUT2D eigenvalue weighted by molar-refractivity contribution is 5.76. The van der Waals surface area contributed by atoms with Crippen molar-refractivity contribution in [2.75, 3.05) is 66.3 Å². The maximum absolute atomic E-state index is 11.8. The molecule has 0 unspecified atom stereocenters. The fraction of sp³-hybridized carbons (Fsp3) is 0.923. The predicted octanol–water partition coefficient (Wildman–Crippen LogP) is -0.122. The van der Waals surface area contributed by atoms with Crippen LogP contribution in [0.2, 0.25) is 0 Å². The summed E-state index contributed by atoms with van der Waals surface area (Å²) < 4.78 is 15.5. The fourth-order valence-electron chi connectivity index (χ4n) is 1.84. The molecule has 0 atom stereocenters. The second-order valence-electron chi connectivity index (χ2n) is 4.45. The SMILES string of the molecule is COCCCOCCNCCC(=O)N1CCOCC1. The topological polar surface area (TPSA) is 60.0 Å². The maximum Gasteiger partial charge on any atom is 0.224 e. The van der Waals surface area contributed by atoms with Gasteiger partial charge in [-0.1, -0.05) is 0 Å². The van der Waals surface area contributed by atoms with Gasteiger partial charge in [0.1, 0.15) is 0 Å². The van der Waals surface area contributed by atoms with E-state index in [1.54, 1.807) is 7.11 Å². The third-order valence-corrected chi connectivity index (χ3v) is 2.94. The van der Waals surface area contributed by atoms with E-state index in [1.807, 2.05) is 4.90 Å². The zero-order valence-electron chi connectivity index (χ0n) is 11.9. The molecule has 1 heterocycles. The van der Waals surface area contributed by atoms with E-state index >= 15 is 0 Å². The molecule has 0 aromatic heterocycles. The van der Waals surface area contributed by atoms with E-state index in [1.165, 1.54) is 0 Å². The van der Waals surface area contributed by atoms with Gasteiger partial charge in [-0.3, -0.25) is 4.79 Å². The Morgan fingerprint density at radius 3 is 2.74 bits per heavy atom. The van der Waals surface area contributed by atoms with E-state index in [0.717, 1.165) is 39.3 Å². The van der Waals surface area contributed by atoms with Gasteiger partial charge >= 0.3 is 0 Å². The molecule has 1 saturated heterocycles. The Balaban J connectivity index is 1.86. The molecule has 1 aliphatic rings. The molecule has 0 aromatic carbocycles. The zero-order valence-corrected chi connectivity index (χ0v) is 11.9. The summed E-state index contributed by atoms with van der Waals surface area (Å²) in [6.45, 7) is 6.39. The molecule has 0 spiro atoms. The smallest absolute Gasteiger partial charge is 0.224 e. The van der Waals surface area contributed by atoms with Crippen molar-refractivity contribution >= 4 is 5.91 Å². The molecule has 0 radical (unpaired) electrons. The van der Waals surface area contributed by atoms with Crippen LogP contribution in [0.3, 0.4) is 0 Å². The van der Waals surface area contributed by atoms with Crippen LogP contribution in [0.5, 0.6) is 0 Å². The monoisotopic (exact) mass is 274 g/mol. The van der Waals surface area contributed by atoms with E-state index in [-0.39, 0.29) is 5.91 Å². The highest BCUT2D eigenvalue weighted by atomic mass is 16.5. The molecular weight excluding hydrogens is 248 g/mol. The minimum Gasteiger partial charge on any atom is -0.385 e. The first-order valence-corrected chi connectivity index (χ1v) is 6.97. The lowest BCUT2D eigenvalue weighted by atomic mass is 10.3. The molecule has 1 fully saturated rings. The lowest BCUT2D eigenvalue weighted by Crippen LogP contribution is -2.41. The number of morpholine rings is 1. The van der Waals surface area contributed by atoms with Crippen molar-refractivity contribution < 1.29 is 19.0 Å². The molecule has 6 heteroatoms. The normalized spacial score (nSPS) is 15.7. The first-order chi connectivity index (χ1) is 9.34. The third kappa shape index (κ3) is 8.15. The van der Waals surface area contributed by atoms with E-state index in [4.69, 9.17) is 14.2 Å². The summed E-state index contributed by atoms with van der Waals surface area (Å²) in [4.78, 5) is 13.7. The van der Waals surface area contributed by atoms with Gasteiger partial charge in [-0.05, 0) is 6.42 Å². The number of ether oxygens (including phenoxy) is 3. The largest absolute Gasteiger partial charge is 0.385 e. The first kappa shape index (κ1) is 16.4. The van der Waals surface area contributed by atoms with Crippen molar-refractivity contribution in [1.29, 1.82) is 0 Å². The number of amides is 1. The van der Waals surface area contributed by atoms with Gasteiger partial charge in [-0.25, -0.2) is 0 Å². The summed E-state index contributed by atoms with van der Waals surface area (Å²) in [6, 6.07) is 0. The lowest BCUT2D eigenvalue weighted by Gasteiger charge is -2.26. The van der Waals surface area contributed by atoms with Crippen molar-refractivity contribution in [1.82, 2.24) is 10.2 Å². The minimum absolute atomic E-state index is 0.205. The lowest BCUT2D eigenvalue weighted by molar-refractivity contribution is -0.135. The fourth-order valence-corrected chi connectivity index (χ4v) is 1.84. The summed E-state index contributed by atoms with van der Waals surface area (Å²) in [5.41, 5.74) is 0. The van der Waals surface area contributed by atoms with Gasteiger partial charge in [0.2, 0.25) is 5.91 Å². The predicted molar refractivity (Wildman–Crippen MR) is 72.2 cm³/mol. The van der Waals surface area contributed by atoms with Gasteiger partial charge in [0, 0.05) is 52.9 Å². The molecule has 6 nitrogen and oxygen atoms in total. The second kappa shape index (κ2) is 11.2. The summed E-state index contributed by atoms with van der Waals surface area (Å²) in [5, 5.41) is 3.21. The molecule has 0 aliphatic carbocycles. The molecule has 0 aromatic rings. The first-order valence-electron chi connectivity index (χ1n) is 6.97. The minimum atomic E-state index is 0.205. The molecule has 112 valence electrons. The van der Waals surface area contributed by atoms with Crippen molar-refractivity contribution in [3.05, 3.63) is 0 Å². The maximum atomic E-state index is 11.8. The van der Waals surface area contributed by atoms with Gasteiger partial charge < -0.3 is 24.4 Å². The average molecular weight is 274 g/mol. The Labute approximate surface area is 115 Å². The molecular formula is C13H26N2O4. The molecule has 0 bridgehead atoms. The van der Waals surface area contributed by atoms with Crippen LogP contribution < -0.4 is 5.32 Å². The molecule has 1 amide bonds. The van der Waals surface area contributed by atoms with Crippen LogP contribution in [0.4, 0.5) is 0 Å². The number of carbonyl (C=O) groups excluding carboxylic acids is 1. The van der Waals surface area contributed by atoms with E-state index in [0.29, 0.717) is 32.8 Å². The zero-order chi connectivity index (χ0) is 13.8. The number of carbonyl (C=O) groups is 1. The van der Waals surface area contributed by atoms with Crippen molar-refractivity contribution in [2.45, 2.75) is 12.8 Å². The average Bonchev–Trinajstić information content (AvgIpc) is 2.46. The standard InChI is InChI=1S/C13H26N2O4/c1-17-8-2-9-18-10-5-14-4-3-13(16)15-6-11-19-12-7-15/h14H,2-12H2,1H3. The number of hydrogen-bond acceptors (Lipinski definition) is 5. The van der Waals surface area contributed by atoms with E-state index < -0.39 is 0 Å². The molecule has 1 rings (SSSR count). The van der Waals surface area contributed by atoms with Crippen LogP contribution in [-0.2, 0) is 19.0 Å². The van der Waals surface area contributed by atoms with Gasteiger partial charge in [-0.2, -0.15) is 0 Å². The molecule has 1 N–H and O–H groups in total. The highest BCUT2D eigenvalue weighted by Crippen LogP contribution is 1.99. The number of nitrogens with one attached hydrogen (secondary N) is 1. The Kier molecular flexibility index (Phi) is 9.61. The summed E-state index contributed by atoms with van der Waals surface area (Å²) in [5.74, 6) is 0.205. The molecule has 1 aliphatic heterocycles. The Hall–Kier alpha value is -0.690. The van der Waals surface area contributed by atoms with Crippen LogP contribution in [0.25, 0.3) is 0 Å². The quantitative estimate of drug-likeness (QED) is 0.563. The van der Waals surface area contributed by atoms with Crippen molar-refractivity contribution in [3.63, 3.8) is 0 Å². The number of nitrogens with zero attached hydrogens (tertiary/aromatic N) is 1. The summed E-state index contributed by atoms with van der Waals surface area (Å²) >= 11 is 0. The van der Waals surface area contributed by atoms with E-state index in [9.17, 15) is 4.79 Å². The molecule has 19 heavy (non-hydrogen) atoms. The Bertz CT molecular complexity index is 233. The number of methoxy groups -OCH3 is 1. The van der Waals surface area contributed by atoms with Crippen LogP contribution in [-0.4, -0.2) is 77.1 Å². The third-order valence-electron chi connectivity index (χ3n) is 2.94. The van der Waals surface area contributed by atoms with E-state index in [2.05, 4.69) is 5.32 Å². The van der Waals surface area contributed by atoms with Gasteiger partial charge in [0.25, 0.3) is 0 Å². The van der Waals surface area contributed by atoms with Crippen LogP contribution in [0.1, 0.15) is 12.8 Å². The summed E-state index contributed by atoms with van der Waals surface area (Å²) in [6.07, 6.45) is 1.47. The van der Waals surface area contributed by atoms with Crippen LogP contribution in [0.15, 0.2) is 0 Å².